The topological polar surface area (TPSA) is 125 Å². The van der Waals surface area contributed by atoms with E-state index in [0.717, 1.165) is 19.4 Å². The van der Waals surface area contributed by atoms with Crippen molar-refractivity contribution in [2.45, 2.75) is 17.7 Å². The van der Waals surface area contributed by atoms with Crippen LogP contribution in [0.2, 0.25) is 0 Å². The number of benzene rings is 1. The first-order valence-corrected chi connectivity index (χ1v) is 8.15. The highest BCUT2D eigenvalue weighted by atomic mass is 32.2. The predicted octanol–water partition coefficient (Wildman–Crippen LogP) is 0.0726. The first-order chi connectivity index (χ1) is 9.90. The maximum Gasteiger partial charge on any atom is 0.248 e. The summed E-state index contributed by atoms with van der Waals surface area (Å²) in [5, 5.41) is 0. The van der Waals surface area contributed by atoms with Crippen LogP contribution in [0.15, 0.2) is 23.1 Å². The number of carbonyl (C=O) groups excluding carboxylic acids is 1. The van der Waals surface area contributed by atoms with Crippen molar-refractivity contribution < 1.29 is 17.9 Å². The summed E-state index contributed by atoms with van der Waals surface area (Å²) in [4.78, 5) is 11.0. The Morgan fingerprint density at radius 3 is 2.76 bits per heavy atom. The number of carbonyl (C=O) groups is 1. The van der Waals surface area contributed by atoms with Gasteiger partial charge in [0.05, 0.1) is 12.3 Å². The monoisotopic (exact) mass is 313 g/mol. The highest BCUT2D eigenvalue weighted by Crippen LogP contribution is 2.20. The maximum atomic E-state index is 12.2. The Balaban J connectivity index is 2.10. The van der Waals surface area contributed by atoms with Gasteiger partial charge >= 0.3 is 0 Å². The lowest BCUT2D eigenvalue weighted by Crippen LogP contribution is -2.33. The third kappa shape index (κ3) is 3.93. The minimum Gasteiger partial charge on any atom is -0.398 e. The molecule has 0 radical (unpaired) electrons. The van der Waals surface area contributed by atoms with Gasteiger partial charge in [0.2, 0.25) is 15.9 Å². The molecule has 0 saturated carbocycles. The lowest BCUT2D eigenvalue weighted by atomic mass is 10.0. The molecule has 0 aliphatic carbocycles. The normalized spacial score (nSPS) is 19.3. The fourth-order valence-electron chi connectivity index (χ4n) is 2.22. The van der Waals surface area contributed by atoms with E-state index in [1.165, 1.54) is 18.2 Å². The van der Waals surface area contributed by atoms with Gasteiger partial charge in [-0.2, -0.15) is 0 Å². The number of anilines is 1. The number of nitrogens with two attached hydrogens (primary N) is 2. The van der Waals surface area contributed by atoms with E-state index in [9.17, 15) is 13.2 Å². The number of primary amides is 1. The fourth-order valence-corrected chi connectivity index (χ4v) is 3.45. The molecule has 1 fully saturated rings. The summed E-state index contributed by atoms with van der Waals surface area (Å²) >= 11 is 0. The SMILES string of the molecule is NC(=O)c1ccc(S(=O)(=O)NCC2CCCOC2)c(N)c1. The highest BCUT2D eigenvalue weighted by molar-refractivity contribution is 7.89. The van der Waals surface area contributed by atoms with E-state index < -0.39 is 15.9 Å². The van der Waals surface area contributed by atoms with Crippen molar-refractivity contribution in [3.8, 4) is 0 Å². The van der Waals surface area contributed by atoms with Crippen molar-refractivity contribution in [3.05, 3.63) is 23.8 Å². The van der Waals surface area contributed by atoms with Gasteiger partial charge < -0.3 is 16.2 Å². The largest absolute Gasteiger partial charge is 0.398 e. The predicted molar refractivity (Wildman–Crippen MR) is 78.1 cm³/mol. The van der Waals surface area contributed by atoms with Crippen LogP contribution in [0.25, 0.3) is 0 Å². The second-order valence-corrected chi connectivity index (χ2v) is 6.79. The van der Waals surface area contributed by atoms with Crippen LogP contribution in [0.5, 0.6) is 0 Å². The first-order valence-electron chi connectivity index (χ1n) is 6.67. The Labute approximate surface area is 123 Å². The molecule has 21 heavy (non-hydrogen) atoms. The van der Waals surface area contributed by atoms with Gasteiger partial charge in [0.1, 0.15) is 4.90 Å². The molecule has 1 aliphatic rings. The van der Waals surface area contributed by atoms with Gasteiger partial charge in [-0.1, -0.05) is 0 Å². The molecule has 1 atom stereocenters. The maximum absolute atomic E-state index is 12.2. The molecule has 2 rings (SSSR count). The number of sulfonamides is 1. The Kier molecular flexibility index (Phi) is 4.81. The minimum atomic E-state index is -3.72. The van der Waals surface area contributed by atoms with Gasteiger partial charge in [0.15, 0.2) is 0 Å². The average molecular weight is 313 g/mol. The van der Waals surface area contributed by atoms with E-state index in [-0.39, 0.29) is 22.1 Å². The Bertz CT molecular complexity index is 624. The van der Waals surface area contributed by atoms with E-state index in [1.54, 1.807) is 0 Å². The standard InChI is InChI=1S/C13H19N3O4S/c14-11-6-10(13(15)17)3-4-12(11)21(18,19)16-7-9-2-1-5-20-8-9/h3-4,6,9,16H,1-2,5,7-8,14H2,(H2,15,17). The minimum absolute atomic E-state index is 0.00121. The van der Waals surface area contributed by atoms with E-state index in [1.807, 2.05) is 0 Å². The van der Waals surface area contributed by atoms with E-state index in [4.69, 9.17) is 16.2 Å². The van der Waals surface area contributed by atoms with E-state index >= 15 is 0 Å². The zero-order chi connectivity index (χ0) is 15.5. The number of amides is 1. The van der Waals surface area contributed by atoms with Gasteiger partial charge in [-0.3, -0.25) is 4.79 Å². The molecule has 116 valence electrons. The van der Waals surface area contributed by atoms with Crippen LogP contribution >= 0.6 is 0 Å². The second kappa shape index (κ2) is 6.42. The number of nitrogen functional groups attached to an aromatic ring is 1. The van der Waals surface area contributed by atoms with Gasteiger partial charge in [-0.05, 0) is 37.0 Å². The van der Waals surface area contributed by atoms with Crippen molar-refractivity contribution >= 4 is 21.6 Å². The van der Waals surface area contributed by atoms with Gasteiger partial charge in [-0.25, -0.2) is 13.1 Å². The summed E-state index contributed by atoms with van der Waals surface area (Å²) in [5.41, 5.74) is 11.0. The molecule has 1 aromatic rings. The molecule has 1 saturated heterocycles. The van der Waals surface area contributed by atoms with Crippen molar-refractivity contribution in [1.82, 2.24) is 4.72 Å². The van der Waals surface area contributed by atoms with Crippen molar-refractivity contribution in [2.24, 2.45) is 11.7 Å². The van der Waals surface area contributed by atoms with Crippen LogP contribution in [-0.4, -0.2) is 34.1 Å². The van der Waals surface area contributed by atoms with Gasteiger partial charge in [0, 0.05) is 18.7 Å². The second-order valence-electron chi connectivity index (χ2n) is 5.05. The van der Waals surface area contributed by atoms with Gasteiger partial charge in [0.25, 0.3) is 0 Å². The smallest absolute Gasteiger partial charge is 0.248 e. The zero-order valence-corrected chi connectivity index (χ0v) is 12.4. The average Bonchev–Trinajstić information content (AvgIpc) is 2.46. The van der Waals surface area contributed by atoms with Crippen LogP contribution in [0.3, 0.4) is 0 Å². The molecule has 1 aliphatic heterocycles. The zero-order valence-electron chi connectivity index (χ0n) is 11.5. The molecule has 1 amide bonds. The molecule has 1 unspecified atom stereocenters. The van der Waals surface area contributed by atoms with Crippen LogP contribution in [-0.2, 0) is 14.8 Å². The molecule has 1 aromatic carbocycles. The Morgan fingerprint density at radius 1 is 1.43 bits per heavy atom. The third-order valence-electron chi connectivity index (χ3n) is 3.40. The van der Waals surface area contributed by atoms with Crippen molar-refractivity contribution in [1.29, 1.82) is 0 Å². The van der Waals surface area contributed by atoms with E-state index in [2.05, 4.69) is 4.72 Å². The molecule has 1 heterocycles. The van der Waals surface area contributed by atoms with Crippen LogP contribution in [0, 0.1) is 5.92 Å². The first kappa shape index (κ1) is 15.7. The van der Waals surface area contributed by atoms with E-state index in [0.29, 0.717) is 13.2 Å². The number of rotatable bonds is 5. The number of ether oxygens (including phenoxy) is 1. The molecular weight excluding hydrogens is 294 g/mol. The molecule has 0 bridgehead atoms. The summed E-state index contributed by atoms with van der Waals surface area (Å²) < 4.78 is 32.3. The third-order valence-corrected chi connectivity index (χ3v) is 4.90. The summed E-state index contributed by atoms with van der Waals surface area (Å²) in [7, 11) is -3.72. The van der Waals surface area contributed by atoms with Crippen LogP contribution in [0.1, 0.15) is 23.2 Å². The molecule has 7 nitrogen and oxygen atoms in total. The molecular formula is C13H19N3O4S. The molecule has 0 aromatic heterocycles. The Hall–Kier alpha value is -1.64. The molecule has 5 N–H and O–H groups in total. The Morgan fingerprint density at radius 2 is 2.19 bits per heavy atom. The fraction of sp³-hybridized carbons (Fsp3) is 0.462. The number of nitrogens with one attached hydrogen (secondary N) is 1. The summed E-state index contributed by atoms with van der Waals surface area (Å²) in [6, 6.07) is 3.90. The number of hydrogen-bond acceptors (Lipinski definition) is 5. The van der Waals surface area contributed by atoms with Crippen LogP contribution in [0.4, 0.5) is 5.69 Å². The van der Waals surface area contributed by atoms with Crippen LogP contribution < -0.4 is 16.2 Å². The summed E-state index contributed by atoms with van der Waals surface area (Å²) in [5.74, 6) is -0.488. The van der Waals surface area contributed by atoms with Crippen molar-refractivity contribution in [3.63, 3.8) is 0 Å². The lowest BCUT2D eigenvalue weighted by molar-refractivity contribution is 0.0568. The van der Waals surface area contributed by atoms with Crippen molar-refractivity contribution in [2.75, 3.05) is 25.5 Å². The van der Waals surface area contributed by atoms with Gasteiger partial charge in [-0.15, -0.1) is 0 Å². The molecule has 8 heteroatoms. The molecule has 0 spiro atoms. The highest BCUT2D eigenvalue weighted by Gasteiger charge is 2.21. The quantitative estimate of drug-likeness (QED) is 0.664. The summed E-state index contributed by atoms with van der Waals surface area (Å²) in [6.07, 6.45) is 1.86. The summed E-state index contributed by atoms with van der Waals surface area (Å²) in [6.45, 7) is 1.59. The number of hydrogen-bond donors (Lipinski definition) is 3. The lowest BCUT2D eigenvalue weighted by Gasteiger charge is -2.22.